The maximum Gasteiger partial charge on any atom is 0.167 e. The van der Waals surface area contributed by atoms with E-state index >= 15 is 0 Å². The molecule has 0 aliphatic rings. The van der Waals surface area contributed by atoms with Gasteiger partial charge in [0.05, 0.1) is 0 Å². The van der Waals surface area contributed by atoms with Crippen LogP contribution in [-0.4, -0.2) is 5.84 Å². The molecule has 0 unspecified atom stereocenters. The first-order valence-corrected chi connectivity index (χ1v) is 5.99. The Morgan fingerprint density at radius 3 is 2.55 bits per heavy atom. The van der Waals surface area contributed by atoms with Crippen LogP contribution in [0.25, 0.3) is 0 Å². The van der Waals surface area contributed by atoms with Gasteiger partial charge in [0.2, 0.25) is 0 Å². The van der Waals surface area contributed by atoms with Gasteiger partial charge in [-0.25, -0.2) is 8.78 Å². The van der Waals surface area contributed by atoms with Crippen LogP contribution in [0, 0.1) is 24.0 Å². The quantitative estimate of drug-likeness (QED) is 0.665. The van der Waals surface area contributed by atoms with Gasteiger partial charge in [-0.15, -0.1) is 0 Å². The molecule has 0 aliphatic carbocycles. The number of hydrogen-bond donors (Lipinski definition) is 2. The van der Waals surface area contributed by atoms with Gasteiger partial charge >= 0.3 is 0 Å². The van der Waals surface area contributed by atoms with Crippen LogP contribution in [0.15, 0.2) is 36.4 Å². The predicted octanol–water partition coefficient (Wildman–Crippen LogP) is 3.14. The summed E-state index contributed by atoms with van der Waals surface area (Å²) in [5.74, 6) is -1.38. The molecule has 0 heterocycles. The number of nitrogens with two attached hydrogens (primary N) is 1. The molecule has 3 N–H and O–H groups in total. The molecule has 0 radical (unpaired) electrons. The molecule has 0 saturated carbocycles. The van der Waals surface area contributed by atoms with E-state index in [0.29, 0.717) is 5.56 Å². The normalized spacial score (nSPS) is 10.3. The minimum atomic E-state index is -0.733. The number of hydrogen-bond acceptors (Lipinski definition) is 2. The maximum absolute atomic E-state index is 13.4. The Labute approximate surface area is 115 Å². The van der Waals surface area contributed by atoms with Crippen molar-refractivity contribution in [2.45, 2.75) is 13.5 Å². The summed E-state index contributed by atoms with van der Waals surface area (Å²) in [6.07, 6.45) is 0. The van der Waals surface area contributed by atoms with Crippen molar-refractivity contribution in [3.8, 4) is 5.75 Å². The fourth-order valence-corrected chi connectivity index (χ4v) is 1.77. The average Bonchev–Trinajstić information content (AvgIpc) is 2.38. The molecule has 3 nitrogen and oxygen atoms in total. The van der Waals surface area contributed by atoms with Gasteiger partial charge in [-0.1, -0.05) is 12.1 Å². The second-order valence-electron chi connectivity index (χ2n) is 4.42. The van der Waals surface area contributed by atoms with Crippen LogP contribution >= 0.6 is 0 Å². The molecule has 0 aromatic heterocycles. The van der Waals surface area contributed by atoms with Crippen LogP contribution in [0.1, 0.15) is 16.7 Å². The van der Waals surface area contributed by atoms with E-state index in [2.05, 4.69) is 0 Å². The molecule has 0 fully saturated rings. The van der Waals surface area contributed by atoms with E-state index in [1.54, 1.807) is 18.2 Å². The zero-order valence-corrected chi connectivity index (χ0v) is 10.9. The fraction of sp³-hybridized carbons (Fsp3) is 0.133. The van der Waals surface area contributed by atoms with Gasteiger partial charge in [0.1, 0.15) is 18.3 Å². The van der Waals surface area contributed by atoms with E-state index in [9.17, 15) is 8.78 Å². The van der Waals surface area contributed by atoms with Gasteiger partial charge in [0.15, 0.2) is 11.6 Å². The van der Waals surface area contributed by atoms with Gasteiger partial charge in [0.25, 0.3) is 0 Å². The van der Waals surface area contributed by atoms with Crippen LogP contribution in [0.5, 0.6) is 5.75 Å². The summed E-state index contributed by atoms with van der Waals surface area (Å²) in [6.45, 7) is 2.01. The highest BCUT2D eigenvalue weighted by atomic mass is 19.1. The standard InChI is InChI=1S/C15H14F2N2O/c1-9-6-10(15(18)19)2-3-11(9)8-20-14-5-4-12(16)7-13(14)17/h2-7H,8H2,1H3,(H3,18,19). The molecule has 0 bridgehead atoms. The Morgan fingerprint density at radius 1 is 1.20 bits per heavy atom. The maximum atomic E-state index is 13.4. The third-order valence-corrected chi connectivity index (χ3v) is 2.93. The van der Waals surface area contributed by atoms with Crippen molar-refractivity contribution in [2.24, 2.45) is 5.73 Å². The first-order valence-electron chi connectivity index (χ1n) is 5.99. The largest absolute Gasteiger partial charge is 0.486 e. The molecule has 0 amide bonds. The Bertz CT molecular complexity index is 656. The van der Waals surface area contributed by atoms with Crippen LogP contribution in [0.3, 0.4) is 0 Å². The Morgan fingerprint density at radius 2 is 1.95 bits per heavy atom. The smallest absolute Gasteiger partial charge is 0.167 e. The topological polar surface area (TPSA) is 59.1 Å². The minimum Gasteiger partial charge on any atom is -0.486 e. The van der Waals surface area contributed by atoms with Crippen LogP contribution < -0.4 is 10.5 Å². The molecule has 2 rings (SSSR count). The zero-order chi connectivity index (χ0) is 14.7. The van der Waals surface area contributed by atoms with Crippen LogP contribution in [0.4, 0.5) is 8.78 Å². The van der Waals surface area contributed by atoms with Gasteiger partial charge in [-0.2, -0.15) is 0 Å². The van der Waals surface area contributed by atoms with Crippen LogP contribution in [0.2, 0.25) is 0 Å². The second kappa shape index (κ2) is 5.69. The summed E-state index contributed by atoms with van der Waals surface area (Å²) in [4.78, 5) is 0. The molecular weight excluding hydrogens is 262 g/mol. The highest BCUT2D eigenvalue weighted by Crippen LogP contribution is 2.20. The number of rotatable bonds is 4. The summed E-state index contributed by atoms with van der Waals surface area (Å²) in [7, 11) is 0. The number of halogens is 2. The lowest BCUT2D eigenvalue weighted by atomic mass is 10.1. The van der Waals surface area contributed by atoms with Crippen molar-refractivity contribution >= 4 is 5.84 Å². The van der Waals surface area contributed by atoms with E-state index in [1.807, 2.05) is 6.92 Å². The van der Waals surface area contributed by atoms with E-state index in [4.69, 9.17) is 15.9 Å². The zero-order valence-electron chi connectivity index (χ0n) is 10.9. The predicted molar refractivity (Wildman–Crippen MR) is 72.9 cm³/mol. The van der Waals surface area contributed by atoms with Crippen molar-refractivity contribution in [3.63, 3.8) is 0 Å². The molecule has 2 aromatic carbocycles. The highest BCUT2D eigenvalue weighted by Gasteiger charge is 2.07. The van der Waals surface area contributed by atoms with Crippen molar-refractivity contribution in [1.82, 2.24) is 0 Å². The fourth-order valence-electron chi connectivity index (χ4n) is 1.77. The molecule has 104 valence electrons. The van der Waals surface area contributed by atoms with E-state index < -0.39 is 11.6 Å². The number of amidine groups is 1. The monoisotopic (exact) mass is 276 g/mol. The van der Waals surface area contributed by atoms with Gasteiger partial charge in [-0.05, 0) is 36.2 Å². The highest BCUT2D eigenvalue weighted by molar-refractivity contribution is 5.95. The van der Waals surface area contributed by atoms with Crippen molar-refractivity contribution in [1.29, 1.82) is 5.41 Å². The molecule has 0 aliphatic heterocycles. The summed E-state index contributed by atoms with van der Waals surface area (Å²) < 4.78 is 31.5. The number of benzene rings is 2. The number of nitrogen functional groups attached to an aromatic ring is 1. The summed E-state index contributed by atoms with van der Waals surface area (Å²) in [6, 6.07) is 8.42. The van der Waals surface area contributed by atoms with Crippen molar-refractivity contribution < 1.29 is 13.5 Å². The minimum absolute atomic E-state index is 0.00134. The molecule has 2 aromatic rings. The van der Waals surface area contributed by atoms with Gasteiger partial charge in [-0.3, -0.25) is 5.41 Å². The lowest BCUT2D eigenvalue weighted by Gasteiger charge is -2.10. The number of aryl methyl sites for hydroxylation is 1. The third kappa shape index (κ3) is 3.12. The molecule has 20 heavy (non-hydrogen) atoms. The van der Waals surface area contributed by atoms with Gasteiger partial charge < -0.3 is 10.5 Å². The first-order chi connectivity index (χ1) is 9.47. The third-order valence-electron chi connectivity index (χ3n) is 2.93. The summed E-state index contributed by atoms with van der Waals surface area (Å²) in [5, 5.41) is 7.35. The molecular formula is C15H14F2N2O. The summed E-state index contributed by atoms with van der Waals surface area (Å²) in [5.41, 5.74) is 7.76. The Kier molecular flexibility index (Phi) is 3.98. The van der Waals surface area contributed by atoms with Gasteiger partial charge in [0, 0.05) is 11.6 Å². The number of nitrogens with one attached hydrogen (secondary N) is 1. The molecule has 0 spiro atoms. The number of ether oxygens (including phenoxy) is 1. The lowest BCUT2D eigenvalue weighted by Crippen LogP contribution is -2.11. The molecule has 0 saturated heterocycles. The second-order valence-corrected chi connectivity index (χ2v) is 4.42. The van der Waals surface area contributed by atoms with E-state index in [1.165, 1.54) is 6.07 Å². The average molecular weight is 276 g/mol. The lowest BCUT2D eigenvalue weighted by molar-refractivity contribution is 0.288. The van der Waals surface area contributed by atoms with Crippen LogP contribution in [-0.2, 0) is 6.61 Å². The Balaban J connectivity index is 2.13. The van der Waals surface area contributed by atoms with Crippen molar-refractivity contribution in [3.05, 3.63) is 64.7 Å². The van der Waals surface area contributed by atoms with Crippen molar-refractivity contribution in [2.75, 3.05) is 0 Å². The summed E-state index contributed by atoms with van der Waals surface area (Å²) >= 11 is 0. The van der Waals surface area contributed by atoms with E-state index in [-0.39, 0.29) is 18.2 Å². The Hall–Kier alpha value is -2.43. The first kappa shape index (κ1) is 14.0. The molecule has 5 heteroatoms. The molecule has 0 atom stereocenters. The van der Waals surface area contributed by atoms with E-state index in [0.717, 1.165) is 23.3 Å². The SMILES string of the molecule is Cc1cc(C(=N)N)ccc1COc1ccc(F)cc1F.